The summed E-state index contributed by atoms with van der Waals surface area (Å²) in [7, 11) is 0. The first-order valence-electron chi connectivity index (χ1n) is 26.0. The van der Waals surface area contributed by atoms with Gasteiger partial charge in [0.05, 0.1) is 18.8 Å². The van der Waals surface area contributed by atoms with Gasteiger partial charge in [-0.05, 0) is 64.2 Å². The Labute approximate surface area is 367 Å². The number of carbonyl (C=O) groups excluding carboxylic acids is 1. The molecular weight excluding hydrogens is 727 g/mol. The number of unbranched alkanes of at least 4 members (excludes halogenated alkanes) is 33. The van der Waals surface area contributed by atoms with Gasteiger partial charge in [-0.25, -0.2) is 0 Å². The lowest BCUT2D eigenvalue weighted by Gasteiger charge is -2.21. The largest absolute Gasteiger partial charge is 0.394 e. The zero-order valence-corrected chi connectivity index (χ0v) is 39.4. The van der Waals surface area contributed by atoms with E-state index in [1.165, 1.54) is 193 Å². The molecule has 0 spiro atoms. The molecule has 0 aromatic rings. The Morgan fingerprint density at radius 1 is 0.407 bits per heavy atom. The van der Waals surface area contributed by atoms with Gasteiger partial charge in [-0.15, -0.1) is 0 Å². The summed E-state index contributed by atoms with van der Waals surface area (Å²) in [5, 5.41) is 33.1. The molecule has 0 bridgehead atoms. The van der Waals surface area contributed by atoms with E-state index in [1.807, 2.05) is 6.08 Å². The standard InChI is InChI=1S/C54H101NO4/c1-3-5-7-9-11-13-15-16-17-18-19-20-21-22-23-24-25-26-27-28-29-30-31-32-33-34-35-36-37-39-41-43-45-47-49-53(58)54(59)55-51(50-56)52(57)48-46-44-42-40-38-14-12-10-8-6-4-2/h8,10,24-25,38,40,46,48,51-53,56-58H,3-7,9,11-23,26-37,39,41-45,47,49-50H2,1-2H3,(H,55,59)/b10-8+,25-24-,40-38+,48-46+. The van der Waals surface area contributed by atoms with E-state index in [0.717, 1.165) is 51.4 Å². The third kappa shape index (κ3) is 44.2. The van der Waals surface area contributed by atoms with Crippen LogP contribution in [0.15, 0.2) is 48.6 Å². The van der Waals surface area contributed by atoms with Crippen LogP contribution in [0.5, 0.6) is 0 Å². The van der Waals surface area contributed by atoms with Crippen LogP contribution >= 0.6 is 0 Å². The van der Waals surface area contributed by atoms with Crippen molar-refractivity contribution in [1.82, 2.24) is 5.32 Å². The van der Waals surface area contributed by atoms with Crippen molar-refractivity contribution in [3.05, 3.63) is 48.6 Å². The van der Waals surface area contributed by atoms with Gasteiger partial charge in [-0.1, -0.05) is 249 Å². The fourth-order valence-corrected chi connectivity index (χ4v) is 7.81. The van der Waals surface area contributed by atoms with Crippen LogP contribution in [0.1, 0.15) is 264 Å². The Morgan fingerprint density at radius 2 is 0.729 bits per heavy atom. The molecule has 3 atom stereocenters. The van der Waals surface area contributed by atoms with Crippen LogP contribution in [0.3, 0.4) is 0 Å². The second-order valence-corrected chi connectivity index (χ2v) is 17.7. The Morgan fingerprint density at radius 3 is 1.10 bits per heavy atom. The van der Waals surface area contributed by atoms with Crippen LogP contribution in [0.2, 0.25) is 0 Å². The first-order valence-corrected chi connectivity index (χ1v) is 26.0. The van der Waals surface area contributed by atoms with E-state index in [2.05, 4.69) is 55.6 Å². The number of rotatable bonds is 47. The molecule has 4 N–H and O–H groups in total. The van der Waals surface area contributed by atoms with Crippen molar-refractivity contribution in [3.63, 3.8) is 0 Å². The average molecular weight is 828 g/mol. The van der Waals surface area contributed by atoms with E-state index < -0.39 is 24.2 Å². The smallest absolute Gasteiger partial charge is 0.249 e. The van der Waals surface area contributed by atoms with Gasteiger partial charge in [0.1, 0.15) is 6.10 Å². The number of amides is 1. The van der Waals surface area contributed by atoms with Crippen LogP contribution in [0, 0.1) is 0 Å². The summed E-state index contributed by atoms with van der Waals surface area (Å²) in [5.41, 5.74) is 0. The Kier molecular flexibility index (Phi) is 47.6. The summed E-state index contributed by atoms with van der Waals surface area (Å²) in [5.74, 6) is -0.517. The lowest BCUT2D eigenvalue weighted by atomic mass is 10.0. The van der Waals surface area contributed by atoms with E-state index in [9.17, 15) is 20.1 Å². The molecule has 5 heteroatoms. The molecular formula is C54H101NO4. The summed E-state index contributed by atoms with van der Waals surface area (Å²) in [6.07, 6.45) is 64.9. The van der Waals surface area contributed by atoms with Crippen LogP contribution in [0.4, 0.5) is 0 Å². The van der Waals surface area contributed by atoms with Crippen molar-refractivity contribution in [2.24, 2.45) is 0 Å². The number of aliphatic hydroxyl groups excluding tert-OH is 3. The molecule has 59 heavy (non-hydrogen) atoms. The summed E-state index contributed by atoms with van der Waals surface area (Å²) < 4.78 is 0. The minimum atomic E-state index is -1.11. The highest BCUT2D eigenvalue weighted by Gasteiger charge is 2.22. The summed E-state index contributed by atoms with van der Waals surface area (Å²) in [6.45, 7) is 4.10. The molecule has 0 rings (SSSR count). The Hall–Kier alpha value is -1.69. The molecule has 0 aliphatic carbocycles. The highest BCUT2D eigenvalue weighted by atomic mass is 16.3. The maximum Gasteiger partial charge on any atom is 0.249 e. The van der Waals surface area contributed by atoms with Crippen molar-refractivity contribution >= 4 is 5.91 Å². The Bertz CT molecular complexity index is 958. The number of hydrogen-bond donors (Lipinski definition) is 4. The predicted molar refractivity (Wildman–Crippen MR) is 259 cm³/mol. The second-order valence-electron chi connectivity index (χ2n) is 17.7. The number of allylic oxidation sites excluding steroid dienone is 7. The molecule has 0 aromatic heterocycles. The van der Waals surface area contributed by atoms with Crippen molar-refractivity contribution < 1.29 is 20.1 Å². The number of nitrogens with one attached hydrogen (secondary N) is 1. The highest BCUT2D eigenvalue weighted by Crippen LogP contribution is 2.16. The summed E-state index contributed by atoms with van der Waals surface area (Å²) in [4.78, 5) is 12.5. The number of carbonyl (C=O) groups is 1. The lowest BCUT2D eigenvalue weighted by molar-refractivity contribution is -0.131. The molecule has 0 saturated carbocycles. The van der Waals surface area contributed by atoms with Crippen LogP contribution in [0.25, 0.3) is 0 Å². The van der Waals surface area contributed by atoms with Crippen molar-refractivity contribution in [3.8, 4) is 0 Å². The van der Waals surface area contributed by atoms with Crippen LogP contribution < -0.4 is 5.32 Å². The molecule has 0 aliphatic heterocycles. The molecule has 1 amide bonds. The minimum absolute atomic E-state index is 0.382. The van der Waals surface area contributed by atoms with Gasteiger partial charge in [0.2, 0.25) is 5.91 Å². The van der Waals surface area contributed by atoms with Crippen molar-refractivity contribution in [2.45, 2.75) is 283 Å². The molecule has 0 aromatic carbocycles. The third-order valence-corrected chi connectivity index (χ3v) is 11.9. The fourth-order valence-electron chi connectivity index (χ4n) is 7.81. The van der Waals surface area contributed by atoms with Crippen molar-refractivity contribution in [2.75, 3.05) is 6.61 Å². The van der Waals surface area contributed by atoms with Gasteiger partial charge in [-0.2, -0.15) is 0 Å². The van der Waals surface area contributed by atoms with Gasteiger partial charge >= 0.3 is 0 Å². The zero-order valence-electron chi connectivity index (χ0n) is 39.4. The fraction of sp³-hybridized carbons (Fsp3) is 0.833. The molecule has 3 unspecified atom stereocenters. The lowest BCUT2D eigenvalue weighted by Crippen LogP contribution is -2.48. The van der Waals surface area contributed by atoms with E-state index in [-0.39, 0.29) is 6.61 Å². The first kappa shape index (κ1) is 57.3. The summed E-state index contributed by atoms with van der Waals surface area (Å²) >= 11 is 0. The van der Waals surface area contributed by atoms with E-state index in [1.54, 1.807) is 6.08 Å². The Balaban J connectivity index is 3.49. The molecule has 5 nitrogen and oxygen atoms in total. The van der Waals surface area contributed by atoms with Gasteiger partial charge in [-0.3, -0.25) is 4.79 Å². The normalized spacial score (nSPS) is 13.8. The maximum atomic E-state index is 12.5. The van der Waals surface area contributed by atoms with Gasteiger partial charge in [0.25, 0.3) is 0 Å². The van der Waals surface area contributed by atoms with Crippen molar-refractivity contribution in [1.29, 1.82) is 0 Å². The zero-order chi connectivity index (χ0) is 43.0. The highest BCUT2D eigenvalue weighted by molar-refractivity contribution is 5.80. The maximum absolute atomic E-state index is 12.5. The van der Waals surface area contributed by atoms with Crippen LogP contribution in [-0.4, -0.2) is 46.1 Å². The first-order chi connectivity index (χ1) is 29.1. The molecule has 0 fully saturated rings. The summed E-state index contributed by atoms with van der Waals surface area (Å²) in [6, 6.07) is -0.820. The minimum Gasteiger partial charge on any atom is -0.394 e. The molecule has 0 heterocycles. The SMILES string of the molecule is CCC/C=C/CC/C=C/CC/C=C/C(O)C(CO)NC(=O)C(O)CCCCCCCCCCCCCCCCCC/C=C\CCCCCCCCCCCCCCCC. The van der Waals surface area contributed by atoms with E-state index in [0.29, 0.717) is 6.42 Å². The quantitative estimate of drug-likeness (QED) is 0.0363. The van der Waals surface area contributed by atoms with E-state index in [4.69, 9.17) is 0 Å². The monoisotopic (exact) mass is 828 g/mol. The van der Waals surface area contributed by atoms with Crippen LogP contribution in [-0.2, 0) is 4.79 Å². The molecule has 0 radical (unpaired) electrons. The average Bonchev–Trinajstić information content (AvgIpc) is 3.24. The van der Waals surface area contributed by atoms with Gasteiger partial charge in [0.15, 0.2) is 0 Å². The van der Waals surface area contributed by atoms with E-state index >= 15 is 0 Å². The molecule has 346 valence electrons. The number of aliphatic hydroxyl groups is 3. The predicted octanol–water partition coefficient (Wildman–Crippen LogP) is 15.7. The molecule has 0 saturated heterocycles. The van der Waals surface area contributed by atoms with Gasteiger partial charge < -0.3 is 20.6 Å². The molecule has 0 aliphatic rings. The number of hydrogen-bond acceptors (Lipinski definition) is 4. The topological polar surface area (TPSA) is 89.8 Å². The van der Waals surface area contributed by atoms with Gasteiger partial charge in [0, 0.05) is 0 Å². The third-order valence-electron chi connectivity index (χ3n) is 11.9. The second kappa shape index (κ2) is 49.0.